The van der Waals surface area contributed by atoms with Gasteiger partial charge in [-0.25, -0.2) is 5.01 Å². The molecule has 0 unspecified atom stereocenters. The van der Waals surface area contributed by atoms with E-state index in [9.17, 15) is 0 Å². The smallest absolute Gasteiger partial charge is 0.190 e. The molecule has 0 bridgehead atoms. The number of thiocarbonyl (C=S) groups is 1. The molecule has 1 aliphatic heterocycles. The van der Waals surface area contributed by atoms with E-state index >= 15 is 0 Å². The maximum atomic E-state index is 6.14. The van der Waals surface area contributed by atoms with Crippen molar-refractivity contribution in [2.45, 2.75) is 0 Å². The average molecular weight is 363 g/mol. The van der Waals surface area contributed by atoms with Crippen molar-refractivity contribution in [3.8, 4) is 0 Å². The number of para-hydroxylation sites is 1. The largest absolute Gasteiger partial charge is 0.376 e. The summed E-state index contributed by atoms with van der Waals surface area (Å²) in [5, 5.41) is 8.42. The number of halogens is 1. The number of thioether (sulfide) groups is 1. The molecular weight excluding hydrogens is 348 g/mol. The fraction of sp³-hybridized carbons (Fsp3) is 0.125. The number of nitrogens with two attached hydrogens (primary N) is 1. The Morgan fingerprint density at radius 3 is 2.61 bits per heavy atom. The average Bonchev–Trinajstić information content (AvgIpc) is 3.02. The van der Waals surface area contributed by atoms with Crippen LogP contribution in [0.2, 0.25) is 5.02 Å². The Kier molecular flexibility index (Phi) is 5.05. The van der Waals surface area contributed by atoms with Gasteiger partial charge in [0.2, 0.25) is 0 Å². The molecular formula is C16H15ClN4S2. The highest BCUT2D eigenvalue weighted by Crippen LogP contribution is 2.30. The van der Waals surface area contributed by atoms with Gasteiger partial charge in [0, 0.05) is 17.3 Å². The number of amidine groups is 1. The number of hydrogen-bond donors (Lipinski definition) is 1. The van der Waals surface area contributed by atoms with Crippen LogP contribution in [0.15, 0.2) is 59.7 Å². The standard InChI is InChI=1S/C16H15ClN4S2/c17-12-5-4-8-14(11-12)21(13-6-2-1-3-7-13)19-16-20(15(18)22)9-10-23-16/h1-8,11H,9-10H2,(H2,18,22). The first-order chi connectivity index (χ1) is 11.1. The van der Waals surface area contributed by atoms with Crippen molar-refractivity contribution >= 4 is 57.2 Å². The summed E-state index contributed by atoms with van der Waals surface area (Å²) in [5.41, 5.74) is 7.61. The normalized spacial score (nSPS) is 15.9. The first kappa shape index (κ1) is 16.1. The van der Waals surface area contributed by atoms with Crippen molar-refractivity contribution < 1.29 is 0 Å². The lowest BCUT2D eigenvalue weighted by Gasteiger charge is -2.23. The molecule has 1 fully saturated rings. The van der Waals surface area contributed by atoms with Crippen LogP contribution >= 0.6 is 35.6 Å². The van der Waals surface area contributed by atoms with Gasteiger partial charge in [0.05, 0.1) is 11.4 Å². The second-order valence-electron chi connectivity index (χ2n) is 4.85. The zero-order valence-electron chi connectivity index (χ0n) is 12.2. The van der Waals surface area contributed by atoms with Gasteiger partial charge >= 0.3 is 0 Å². The van der Waals surface area contributed by atoms with Crippen molar-refractivity contribution in [1.29, 1.82) is 0 Å². The fourth-order valence-corrected chi connectivity index (χ4v) is 3.58. The summed E-state index contributed by atoms with van der Waals surface area (Å²) in [6, 6.07) is 17.5. The van der Waals surface area contributed by atoms with Gasteiger partial charge in [-0.15, -0.1) is 5.10 Å². The van der Waals surface area contributed by atoms with Crippen molar-refractivity contribution in [3.05, 3.63) is 59.6 Å². The lowest BCUT2D eigenvalue weighted by atomic mass is 10.2. The van der Waals surface area contributed by atoms with E-state index < -0.39 is 0 Å². The Labute approximate surface area is 149 Å². The molecule has 23 heavy (non-hydrogen) atoms. The van der Waals surface area contributed by atoms with Crippen LogP contribution in [-0.4, -0.2) is 27.5 Å². The van der Waals surface area contributed by atoms with Crippen molar-refractivity contribution in [1.82, 2.24) is 4.90 Å². The Bertz CT molecular complexity index is 736. The van der Waals surface area contributed by atoms with E-state index in [0.29, 0.717) is 10.1 Å². The van der Waals surface area contributed by atoms with Gasteiger partial charge in [-0.3, -0.25) is 4.90 Å². The third kappa shape index (κ3) is 3.77. The molecule has 0 amide bonds. The van der Waals surface area contributed by atoms with Crippen LogP contribution < -0.4 is 10.7 Å². The number of anilines is 2. The first-order valence-corrected chi connectivity index (χ1v) is 8.81. The monoisotopic (exact) mass is 362 g/mol. The second kappa shape index (κ2) is 7.21. The number of benzene rings is 2. The van der Waals surface area contributed by atoms with Crippen molar-refractivity contribution in [2.24, 2.45) is 10.8 Å². The van der Waals surface area contributed by atoms with Gasteiger partial charge in [0.15, 0.2) is 10.3 Å². The SMILES string of the molecule is NC(=S)N1CCSC1=NN(c1ccccc1)c1cccc(Cl)c1. The Morgan fingerprint density at radius 2 is 1.91 bits per heavy atom. The molecule has 2 aromatic carbocycles. The van der Waals surface area contributed by atoms with E-state index in [-0.39, 0.29) is 0 Å². The number of rotatable bonds is 3. The van der Waals surface area contributed by atoms with E-state index in [1.54, 1.807) is 11.8 Å². The van der Waals surface area contributed by atoms with Crippen LogP contribution in [0.25, 0.3) is 0 Å². The van der Waals surface area contributed by atoms with E-state index in [4.69, 9.17) is 34.7 Å². The maximum Gasteiger partial charge on any atom is 0.190 e. The quantitative estimate of drug-likeness (QED) is 0.659. The lowest BCUT2D eigenvalue weighted by molar-refractivity contribution is 0.677. The molecule has 118 valence electrons. The molecule has 7 heteroatoms. The van der Waals surface area contributed by atoms with Crippen LogP contribution in [-0.2, 0) is 0 Å². The minimum Gasteiger partial charge on any atom is -0.376 e. The fourth-order valence-electron chi connectivity index (χ4n) is 2.22. The number of hydrogen-bond acceptors (Lipinski definition) is 4. The molecule has 0 aliphatic carbocycles. The van der Waals surface area contributed by atoms with E-state index in [2.05, 4.69) is 0 Å². The number of nitrogens with zero attached hydrogens (tertiary/aromatic N) is 3. The zero-order chi connectivity index (χ0) is 16.2. The predicted molar refractivity (Wildman–Crippen MR) is 103 cm³/mol. The zero-order valence-corrected chi connectivity index (χ0v) is 14.6. The summed E-state index contributed by atoms with van der Waals surface area (Å²) in [4.78, 5) is 1.85. The highest BCUT2D eigenvalue weighted by atomic mass is 35.5. The molecule has 0 spiro atoms. The molecule has 4 nitrogen and oxygen atoms in total. The van der Waals surface area contributed by atoms with E-state index in [0.717, 1.165) is 28.8 Å². The molecule has 1 heterocycles. The summed E-state index contributed by atoms with van der Waals surface area (Å²) in [6.45, 7) is 0.775. The third-order valence-electron chi connectivity index (χ3n) is 3.28. The Morgan fingerprint density at radius 1 is 1.17 bits per heavy atom. The van der Waals surface area contributed by atoms with E-state index in [1.165, 1.54) is 0 Å². The van der Waals surface area contributed by atoms with Crippen molar-refractivity contribution in [3.63, 3.8) is 0 Å². The van der Waals surface area contributed by atoms with Crippen LogP contribution in [0, 0.1) is 0 Å². The third-order valence-corrected chi connectivity index (χ3v) is 4.68. The first-order valence-electron chi connectivity index (χ1n) is 7.04. The molecule has 0 atom stereocenters. The summed E-state index contributed by atoms with van der Waals surface area (Å²) in [7, 11) is 0. The predicted octanol–water partition coefficient (Wildman–Crippen LogP) is 4.04. The molecule has 3 rings (SSSR count). The minimum absolute atomic E-state index is 0.341. The van der Waals surface area contributed by atoms with Gasteiger partial charge in [-0.2, -0.15) is 0 Å². The van der Waals surface area contributed by atoms with Gasteiger partial charge in [0.1, 0.15) is 0 Å². The van der Waals surface area contributed by atoms with Crippen molar-refractivity contribution in [2.75, 3.05) is 17.3 Å². The van der Waals surface area contributed by atoms with Gasteiger partial charge in [-0.1, -0.05) is 47.6 Å². The molecule has 2 N–H and O–H groups in total. The second-order valence-corrected chi connectivity index (χ2v) is 6.76. The summed E-state index contributed by atoms with van der Waals surface area (Å²) in [6.07, 6.45) is 0. The van der Waals surface area contributed by atoms with Crippen LogP contribution in [0.1, 0.15) is 0 Å². The summed E-state index contributed by atoms with van der Waals surface area (Å²) >= 11 is 12.9. The number of hydrazone groups is 1. The van der Waals surface area contributed by atoms with Gasteiger partial charge in [0.25, 0.3) is 0 Å². The molecule has 0 radical (unpaired) electrons. The van der Waals surface area contributed by atoms with E-state index in [1.807, 2.05) is 64.5 Å². The topological polar surface area (TPSA) is 44.9 Å². The molecule has 1 saturated heterocycles. The van der Waals surface area contributed by atoms with Crippen LogP contribution in [0.4, 0.5) is 11.4 Å². The molecule has 2 aromatic rings. The van der Waals surface area contributed by atoms with Crippen LogP contribution in [0.3, 0.4) is 0 Å². The molecule has 0 saturated carbocycles. The van der Waals surface area contributed by atoms with Crippen LogP contribution in [0.5, 0.6) is 0 Å². The summed E-state index contributed by atoms with van der Waals surface area (Å²) in [5.74, 6) is 0.911. The Hall–Kier alpha value is -1.76. The Balaban J connectivity index is 2.04. The van der Waals surface area contributed by atoms with Gasteiger partial charge < -0.3 is 5.73 Å². The lowest BCUT2D eigenvalue weighted by Crippen LogP contribution is -2.37. The summed E-state index contributed by atoms with van der Waals surface area (Å²) < 4.78 is 0. The highest BCUT2D eigenvalue weighted by Gasteiger charge is 2.23. The highest BCUT2D eigenvalue weighted by molar-refractivity contribution is 8.14. The minimum atomic E-state index is 0.341. The van der Waals surface area contributed by atoms with Gasteiger partial charge in [-0.05, 0) is 42.5 Å². The maximum absolute atomic E-state index is 6.14. The molecule has 1 aliphatic rings. The molecule has 0 aromatic heterocycles.